The third kappa shape index (κ3) is 1.83. The second-order valence-electron chi connectivity index (χ2n) is 4.44. The van der Waals surface area contributed by atoms with Gasteiger partial charge in [0.05, 0.1) is 5.56 Å². The van der Waals surface area contributed by atoms with Crippen LogP contribution in [0.2, 0.25) is 0 Å². The maximum absolute atomic E-state index is 12.3. The highest BCUT2D eigenvalue weighted by Gasteiger charge is 2.16. The van der Waals surface area contributed by atoms with Crippen LogP contribution in [-0.4, -0.2) is 31.1 Å². The van der Waals surface area contributed by atoms with Gasteiger partial charge in [0.15, 0.2) is 5.52 Å². The normalized spacial score (nSPS) is 11.0. The van der Waals surface area contributed by atoms with Gasteiger partial charge in [-0.15, -0.1) is 5.10 Å². The molecule has 1 aromatic carbocycles. The van der Waals surface area contributed by atoms with E-state index in [-0.39, 0.29) is 0 Å². The summed E-state index contributed by atoms with van der Waals surface area (Å²) in [5, 5.41) is 8.40. The van der Waals surface area contributed by atoms with Crippen LogP contribution >= 0.6 is 0 Å². The van der Waals surface area contributed by atoms with Gasteiger partial charge in [-0.3, -0.25) is 0 Å². The summed E-state index contributed by atoms with van der Waals surface area (Å²) in [7, 11) is 0. The highest BCUT2D eigenvalue weighted by molar-refractivity contribution is 6.04. The molecule has 4 aromatic rings. The number of carbonyl (C=O) groups excluding carboxylic acids is 1. The first-order valence-electron chi connectivity index (χ1n) is 6.28. The lowest BCUT2D eigenvalue weighted by atomic mass is 10.2. The molecule has 0 fully saturated rings. The molecule has 0 amide bonds. The summed E-state index contributed by atoms with van der Waals surface area (Å²) in [6.07, 6.45) is 3.22. The van der Waals surface area contributed by atoms with Gasteiger partial charge in [0, 0.05) is 23.3 Å². The van der Waals surface area contributed by atoms with Crippen molar-refractivity contribution in [2.45, 2.75) is 0 Å². The maximum atomic E-state index is 12.3. The summed E-state index contributed by atoms with van der Waals surface area (Å²) in [4.78, 5) is 25.7. The maximum Gasteiger partial charge on any atom is 0.367 e. The summed E-state index contributed by atoms with van der Waals surface area (Å²) in [6.45, 7) is 0. The first kappa shape index (κ1) is 11.6. The number of rotatable bonds is 2. The average molecular weight is 279 g/mol. The standard InChI is InChI=1S/C14H9N5O2/c20-14(10-8-16-11-5-2-1-4-9(10)11)21-19-12-6-3-7-15-13(12)17-18-19/h1-8,16H. The molecule has 0 spiro atoms. The Labute approximate surface area is 118 Å². The minimum atomic E-state index is -0.511. The summed E-state index contributed by atoms with van der Waals surface area (Å²) in [6, 6.07) is 10.9. The number of hydrogen-bond donors (Lipinski definition) is 1. The number of carbonyl (C=O) groups is 1. The SMILES string of the molecule is O=C(On1nnc2ncccc21)c1c[nH]c2ccccc12. The number of nitrogens with one attached hydrogen (secondary N) is 1. The van der Waals surface area contributed by atoms with E-state index in [9.17, 15) is 4.79 Å². The highest BCUT2D eigenvalue weighted by atomic mass is 16.7. The van der Waals surface area contributed by atoms with Crippen LogP contribution in [0.15, 0.2) is 48.8 Å². The molecule has 0 unspecified atom stereocenters. The largest absolute Gasteiger partial charge is 0.367 e. The van der Waals surface area contributed by atoms with Gasteiger partial charge in [0.1, 0.15) is 0 Å². The summed E-state index contributed by atoms with van der Waals surface area (Å²) < 4.78 is 0. The smallest absolute Gasteiger partial charge is 0.360 e. The molecule has 0 saturated carbocycles. The number of benzene rings is 1. The fraction of sp³-hybridized carbons (Fsp3) is 0. The van der Waals surface area contributed by atoms with Gasteiger partial charge >= 0.3 is 5.97 Å². The van der Waals surface area contributed by atoms with Crippen LogP contribution < -0.4 is 4.84 Å². The molecule has 3 aromatic heterocycles. The van der Waals surface area contributed by atoms with Gasteiger partial charge in [-0.05, 0) is 23.4 Å². The molecule has 102 valence electrons. The number of hydrogen-bond acceptors (Lipinski definition) is 5. The first-order valence-corrected chi connectivity index (χ1v) is 6.28. The number of H-pyrrole nitrogens is 1. The van der Waals surface area contributed by atoms with Crippen LogP contribution in [0.25, 0.3) is 22.1 Å². The van der Waals surface area contributed by atoms with E-state index >= 15 is 0 Å². The summed E-state index contributed by atoms with van der Waals surface area (Å²) >= 11 is 0. The van der Waals surface area contributed by atoms with Gasteiger partial charge < -0.3 is 9.82 Å². The molecule has 7 nitrogen and oxygen atoms in total. The lowest BCUT2D eigenvalue weighted by molar-refractivity contribution is 0.0411. The van der Waals surface area contributed by atoms with Crippen LogP contribution in [0.4, 0.5) is 0 Å². The molecular formula is C14H9N5O2. The van der Waals surface area contributed by atoms with Gasteiger partial charge in [-0.25, -0.2) is 9.78 Å². The second kappa shape index (κ2) is 4.41. The third-order valence-electron chi connectivity index (χ3n) is 3.17. The Morgan fingerprint density at radius 1 is 1.19 bits per heavy atom. The van der Waals surface area contributed by atoms with Crippen LogP contribution in [0.1, 0.15) is 10.4 Å². The van der Waals surface area contributed by atoms with E-state index in [4.69, 9.17) is 4.84 Å². The van der Waals surface area contributed by atoms with Crippen molar-refractivity contribution in [3.05, 3.63) is 54.4 Å². The van der Waals surface area contributed by atoms with Gasteiger partial charge in [-0.1, -0.05) is 23.0 Å². The molecule has 0 radical (unpaired) electrons. The minimum Gasteiger partial charge on any atom is -0.360 e. The van der Waals surface area contributed by atoms with Crippen LogP contribution in [-0.2, 0) is 0 Å². The Bertz CT molecular complexity index is 956. The van der Waals surface area contributed by atoms with E-state index < -0.39 is 5.97 Å². The molecule has 3 heterocycles. The van der Waals surface area contributed by atoms with Crippen molar-refractivity contribution >= 4 is 28.0 Å². The fourth-order valence-corrected chi connectivity index (χ4v) is 2.18. The molecule has 4 rings (SSSR count). The van der Waals surface area contributed by atoms with Crippen LogP contribution in [0.3, 0.4) is 0 Å². The monoisotopic (exact) mass is 279 g/mol. The summed E-state index contributed by atoms with van der Waals surface area (Å²) in [5.74, 6) is -0.511. The zero-order valence-corrected chi connectivity index (χ0v) is 10.7. The van der Waals surface area contributed by atoms with E-state index in [1.807, 2.05) is 24.3 Å². The van der Waals surface area contributed by atoms with Crippen LogP contribution in [0.5, 0.6) is 0 Å². The predicted molar refractivity (Wildman–Crippen MR) is 74.5 cm³/mol. The fourth-order valence-electron chi connectivity index (χ4n) is 2.18. The summed E-state index contributed by atoms with van der Waals surface area (Å²) in [5.41, 5.74) is 2.27. The van der Waals surface area contributed by atoms with E-state index in [0.717, 1.165) is 15.7 Å². The molecule has 1 N–H and O–H groups in total. The van der Waals surface area contributed by atoms with Crippen molar-refractivity contribution in [2.75, 3.05) is 0 Å². The van der Waals surface area contributed by atoms with E-state index in [1.165, 1.54) is 0 Å². The lowest BCUT2D eigenvalue weighted by Gasteiger charge is -2.01. The van der Waals surface area contributed by atoms with Crippen LogP contribution in [0, 0.1) is 0 Å². The first-order chi connectivity index (χ1) is 10.3. The minimum absolute atomic E-state index is 0.421. The van der Waals surface area contributed by atoms with Crippen molar-refractivity contribution in [3.63, 3.8) is 0 Å². The Hall–Kier alpha value is -3.22. The number of aromatic amines is 1. The number of pyridine rings is 1. The van der Waals surface area contributed by atoms with Gasteiger partial charge in [-0.2, -0.15) is 0 Å². The molecule has 21 heavy (non-hydrogen) atoms. The van der Waals surface area contributed by atoms with Crippen molar-refractivity contribution < 1.29 is 9.63 Å². The number of para-hydroxylation sites is 1. The lowest BCUT2D eigenvalue weighted by Crippen LogP contribution is -2.20. The molecule has 0 aliphatic rings. The quantitative estimate of drug-likeness (QED) is 0.563. The third-order valence-corrected chi connectivity index (χ3v) is 3.17. The Balaban J connectivity index is 1.72. The Morgan fingerprint density at radius 3 is 3.05 bits per heavy atom. The van der Waals surface area contributed by atoms with Crippen molar-refractivity contribution in [2.24, 2.45) is 0 Å². The molecule has 0 bridgehead atoms. The molecule has 7 heteroatoms. The topological polar surface area (TPSA) is 85.7 Å². The average Bonchev–Trinajstić information content (AvgIpc) is 3.12. The zero-order chi connectivity index (χ0) is 14.2. The van der Waals surface area contributed by atoms with E-state index in [0.29, 0.717) is 16.7 Å². The van der Waals surface area contributed by atoms with E-state index in [2.05, 4.69) is 20.3 Å². The molecule has 0 aliphatic heterocycles. The van der Waals surface area contributed by atoms with Gasteiger partial charge in [0.25, 0.3) is 0 Å². The van der Waals surface area contributed by atoms with Crippen molar-refractivity contribution in [1.29, 1.82) is 0 Å². The Kier molecular flexibility index (Phi) is 2.43. The predicted octanol–water partition coefficient (Wildman–Crippen LogP) is 1.58. The molecular weight excluding hydrogens is 270 g/mol. The molecule has 0 aliphatic carbocycles. The number of fused-ring (bicyclic) bond motifs is 2. The number of aromatic nitrogens is 5. The number of nitrogens with zero attached hydrogens (tertiary/aromatic N) is 4. The van der Waals surface area contributed by atoms with E-state index in [1.54, 1.807) is 24.5 Å². The second-order valence-corrected chi connectivity index (χ2v) is 4.44. The van der Waals surface area contributed by atoms with Crippen molar-refractivity contribution in [3.8, 4) is 0 Å². The molecule has 0 atom stereocenters. The zero-order valence-electron chi connectivity index (χ0n) is 10.7. The van der Waals surface area contributed by atoms with Crippen molar-refractivity contribution in [1.82, 2.24) is 25.1 Å². The highest BCUT2D eigenvalue weighted by Crippen LogP contribution is 2.18. The molecule has 0 saturated heterocycles. The Morgan fingerprint density at radius 2 is 2.10 bits per heavy atom. The van der Waals surface area contributed by atoms with Gasteiger partial charge in [0.2, 0.25) is 5.65 Å².